The molecule has 0 saturated carbocycles. The first-order chi connectivity index (χ1) is 14.0. The summed E-state index contributed by atoms with van der Waals surface area (Å²) in [5, 5.41) is 2.36. The van der Waals surface area contributed by atoms with E-state index in [1.165, 1.54) is 23.1 Å². The molecule has 0 bridgehead atoms. The van der Waals surface area contributed by atoms with Gasteiger partial charge < -0.3 is 9.64 Å². The van der Waals surface area contributed by atoms with Gasteiger partial charge in [0.2, 0.25) is 0 Å². The first kappa shape index (κ1) is 19.4. The lowest BCUT2D eigenvalue weighted by Gasteiger charge is -2.38. The van der Waals surface area contributed by atoms with Crippen molar-refractivity contribution in [2.24, 2.45) is 0 Å². The van der Waals surface area contributed by atoms with E-state index in [4.69, 9.17) is 4.74 Å². The van der Waals surface area contributed by atoms with Crippen LogP contribution >= 0.6 is 0 Å². The zero-order valence-corrected chi connectivity index (χ0v) is 16.8. The molecular formula is C24H25FN2O2. The van der Waals surface area contributed by atoms with Crippen LogP contribution in [0.25, 0.3) is 10.8 Å². The molecule has 3 aromatic rings. The molecule has 0 aliphatic carbocycles. The summed E-state index contributed by atoms with van der Waals surface area (Å²) in [7, 11) is 1.68. The number of methoxy groups -OCH3 is 1. The van der Waals surface area contributed by atoms with E-state index in [9.17, 15) is 9.18 Å². The van der Waals surface area contributed by atoms with E-state index in [2.05, 4.69) is 36.1 Å². The Bertz CT molecular complexity index is 1010. The highest BCUT2D eigenvalue weighted by Crippen LogP contribution is 2.27. The van der Waals surface area contributed by atoms with Gasteiger partial charge in [0, 0.05) is 37.8 Å². The van der Waals surface area contributed by atoms with Crippen molar-refractivity contribution in [2.45, 2.75) is 13.0 Å². The van der Waals surface area contributed by atoms with E-state index in [1.54, 1.807) is 19.2 Å². The lowest BCUT2D eigenvalue weighted by molar-refractivity contribution is 0.0582. The summed E-state index contributed by atoms with van der Waals surface area (Å²) in [5.41, 5.74) is 1.80. The Balaban J connectivity index is 1.42. The third-order valence-corrected chi connectivity index (χ3v) is 5.79. The normalized spacial score (nSPS) is 16.0. The van der Waals surface area contributed by atoms with Crippen molar-refractivity contribution in [1.82, 2.24) is 9.80 Å². The molecule has 0 radical (unpaired) electrons. The highest BCUT2D eigenvalue weighted by atomic mass is 19.1. The summed E-state index contributed by atoms with van der Waals surface area (Å²) < 4.78 is 18.4. The van der Waals surface area contributed by atoms with E-state index in [-0.39, 0.29) is 17.8 Å². The number of ether oxygens (including phenoxy) is 1. The Morgan fingerprint density at radius 1 is 0.931 bits per heavy atom. The average molecular weight is 392 g/mol. The number of halogens is 1. The van der Waals surface area contributed by atoms with Gasteiger partial charge in [0.1, 0.15) is 11.6 Å². The van der Waals surface area contributed by atoms with Crippen molar-refractivity contribution in [1.29, 1.82) is 0 Å². The molecule has 0 unspecified atom stereocenters. The second kappa shape index (κ2) is 8.21. The Hall–Kier alpha value is -2.92. The van der Waals surface area contributed by atoms with Gasteiger partial charge in [-0.05, 0) is 65.7 Å². The fourth-order valence-electron chi connectivity index (χ4n) is 3.93. The van der Waals surface area contributed by atoms with Gasteiger partial charge in [-0.15, -0.1) is 0 Å². The molecule has 1 aliphatic heterocycles. The Morgan fingerprint density at radius 3 is 2.28 bits per heavy atom. The van der Waals surface area contributed by atoms with Crippen molar-refractivity contribution in [2.75, 3.05) is 33.3 Å². The largest absolute Gasteiger partial charge is 0.497 e. The molecule has 1 aliphatic rings. The van der Waals surface area contributed by atoms with Crippen LogP contribution in [0, 0.1) is 5.82 Å². The first-order valence-corrected chi connectivity index (χ1v) is 9.92. The van der Waals surface area contributed by atoms with Gasteiger partial charge in [-0.3, -0.25) is 9.69 Å². The minimum absolute atomic E-state index is 0.0306. The van der Waals surface area contributed by atoms with Gasteiger partial charge >= 0.3 is 0 Å². The summed E-state index contributed by atoms with van der Waals surface area (Å²) in [6.07, 6.45) is 0. The first-order valence-electron chi connectivity index (χ1n) is 9.92. The van der Waals surface area contributed by atoms with E-state index in [1.807, 2.05) is 17.0 Å². The lowest BCUT2D eigenvalue weighted by atomic mass is 10.0. The number of fused-ring (bicyclic) bond motifs is 1. The monoisotopic (exact) mass is 392 g/mol. The van der Waals surface area contributed by atoms with Gasteiger partial charge in [-0.2, -0.15) is 0 Å². The molecular weight excluding hydrogens is 367 g/mol. The van der Waals surface area contributed by atoms with Crippen LogP contribution in [0.1, 0.15) is 28.9 Å². The number of carbonyl (C=O) groups excluding carboxylic acids is 1. The standard InChI is InChI=1S/C24H25FN2O2/c1-17(19-3-4-21-16-23(29-2)10-7-20(21)15-19)26-11-13-27(14-12-26)24(28)18-5-8-22(25)9-6-18/h3-10,15-17H,11-14H2,1-2H3/t17-/m1/s1. The van der Waals surface area contributed by atoms with E-state index >= 15 is 0 Å². The average Bonchev–Trinajstić information content (AvgIpc) is 2.78. The molecule has 3 aromatic carbocycles. The molecule has 0 spiro atoms. The number of hydrogen-bond acceptors (Lipinski definition) is 3. The zero-order valence-electron chi connectivity index (χ0n) is 16.8. The minimum Gasteiger partial charge on any atom is -0.497 e. The molecule has 4 nitrogen and oxygen atoms in total. The summed E-state index contributed by atoms with van der Waals surface area (Å²) in [4.78, 5) is 16.9. The second-order valence-corrected chi connectivity index (χ2v) is 7.48. The molecule has 5 heteroatoms. The fraction of sp³-hybridized carbons (Fsp3) is 0.292. The van der Waals surface area contributed by atoms with Crippen LogP contribution in [-0.4, -0.2) is 49.0 Å². The van der Waals surface area contributed by atoms with Gasteiger partial charge in [0.25, 0.3) is 5.91 Å². The smallest absolute Gasteiger partial charge is 0.253 e. The predicted octanol–water partition coefficient (Wildman–Crippen LogP) is 4.51. The second-order valence-electron chi connectivity index (χ2n) is 7.48. The van der Waals surface area contributed by atoms with Crippen molar-refractivity contribution in [3.63, 3.8) is 0 Å². The van der Waals surface area contributed by atoms with E-state index in [0.717, 1.165) is 24.2 Å². The molecule has 0 aromatic heterocycles. The molecule has 1 heterocycles. The topological polar surface area (TPSA) is 32.8 Å². The highest BCUT2D eigenvalue weighted by Gasteiger charge is 2.25. The number of carbonyl (C=O) groups is 1. The third kappa shape index (κ3) is 4.10. The maximum atomic E-state index is 13.1. The van der Waals surface area contributed by atoms with Crippen LogP contribution in [0.5, 0.6) is 5.75 Å². The summed E-state index contributed by atoms with van der Waals surface area (Å²) in [5.74, 6) is 0.506. The van der Waals surface area contributed by atoms with Crippen LogP contribution in [0.3, 0.4) is 0 Å². The number of nitrogens with zero attached hydrogens (tertiary/aromatic N) is 2. The molecule has 150 valence electrons. The molecule has 29 heavy (non-hydrogen) atoms. The zero-order chi connectivity index (χ0) is 20.4. The summed E-state index contributed by atoms with van der Waals surface area (Å²) in [6, 6.07) is 18.7. The van der Waals surface area contributed by atoms with Crippen LogP contribution in [0.4, 0.5) is 4.39 Å². The van der Waals surface area contributed by atoms with Crippen molar-refractivity contribution < 1.29 is 13.9 Å². The number of benzene rings is 3. The quantitative estimate of drug-likeness (QED) is 0.655. The number of amides is 1. The highest BCUT2D eigenvalue weighted by molar-refractivity contribution is 5.94. The van der Waals surface area contributed by atoms with Crippen molar-refractivity contribution >= 4 is 16.7 Å². The molecule has 4 rings (SSSR count). The Labute approximate surface area is 170 Å². The van der Waals surface area contributed by atoms with Crippen LogP contribution in [0.2, 0.25) is 0 Å². The van der Waals surface area contributed by atoms with Crippen LogP contribution in [0.15, 0.2) is 60.7 Å². The maximum absolute atomic E-state index is 13.1. The molecule has 0 N–H and O–H groups in total. The van der Waals surface area contributed by atoms with Crippen molar-refractivity contribution in [3.05, 3.63) is 77.6 Å². The van der Waals surface area contributed by atoms with Crippen molar-refractivity contribution in [3.8, 4) is 5.75 Å². The van der Waals surface area contributed by atoms with Gasteiger partial charge in [0.15, 0.2) is 0 Å². The van der Waals surface area contributed by atoms with E-state index in [0.29, 0.717) is 18.7 Å². The third-order valence-electron chi connectivity index (χ3n) is 5.79. The van der Waals surface area contributed by atoms with Gasteiger partial charge in [-0.25, -0.2) is 4.39 Å². The predicted molar refractivity (Wildman–Crippen MR) is 113 cm³/mol. The Kier molecular flexibility index (Phi) is 5.49. The number of rotatable bonds is 4. The summed E-state index contributed by atoms with van der Waals surface area (Å²) in [6.45, 7) is 5.18. The number of hydrogen-bond donors (Lipinski definition) is 0. The SMILES string of the molecule is COc1ccc2cc([C@@H](C)N3CCN(C(=O)c4ccc(F)cc4)CC3)ccc2c1. The maximum Gasteiger partial charge on any atom is 0.253 e. The molecule has 1 saturated heterocycles. The van der Waals surface area contributed by atoms with Crippen LogP contribution in [-0.2, 0) is 0 Å². The molecule has 1 atom stereocenters. The molecule has 1 amide bonds. The minimum atomic E-state index is -0.325. The fourth-order valence-corrected chi connectivity index (χ4v) is 3.93. The number of piperazine rings is 1. The van der Waals surface area contributed by atoms with Crippen LogP contribution < -0.4 is 4.74 Å². The van der Waals surface area contributed by atoms with E-state index < -0.39 is 0 Å². The summed E-state index contributed by atoms with van der Waals surface area (Å²) >= 11 is 0. The Morgan fingerprint density at radius 2 is 1.59 bits per heavy atom. The lowest BCUT2D eigenvalue weighted by Crippen LogP contribution is -2.49. The van der Waals surface area contributed by atoms with Gasteiger partial charge in [0.05, 0.1) is 7.11 Å². The molecule has 1 fully saturated rings. The van der Waals surface area contributed by atoms with Gasteiger partial charge in [-0.1, -0.05) is 18.2 Å².